The van der Waals surface area contributed by atoms with E-state index in [4.69, 9.17) is 0 Å². The van der Waals surface area contributed by atoms with Crippen LogP contribution in [0.1, 0.15) is 72.1 Å². The third kappa shape index (κ3) is 3.06. The van der Waals surface area contributed by atoms with E-state index in [-0.39, 0.29) is 34.5 Å². The van der Waals surface area contributed by atoms with Gasteiger partial charge in [-0.1, -0.05) is 20.8 Å². The molecule has 4 saturated carbocycles. The molecule has 0 unspecified atom stereocenters. The van der Waals surface area contributed by atoms with Crippen molar-refractivity contribution in [2.45, 2.75) is 96.6 Å². The fourth-order valence-electron chi connectivity index (χ4n) is 8.70. The summed E-state index contributed by atoms with van der Waals surface area (Å²) >= 11 is 0. The van der Waals surface area contributed by atoms with Gasteiger partial charge < -0.3 is 25.2 Å². The van der Waals surface area contributed by atoms with Crippen LogP contribution < -0.4 is 0 Å². The van der Waals surface area contributed by atoms with Crippen LogP contribution in [0, 0.1) is 46.3 Å². The monoisotopic (exact) mass is 408 g/mol. The fourth-order valence-corrected chi connectivity index (χ4v) is 8.70. The van der Waals surface area contributed by atoms with E-state index < -0.39 is 24.4 Å². The van der Waals surface area contributed by atoms with Crippen LogP contribution in [0.15, 0.2) is 0 Å². The first kappa shape index (κ1) is 21.7. The minimum absolute atomic E-state index is 0.00170. The quantitative estimate of drug-likeness (QED) is 0.536. The Morgan fingerprint density at radius 3 is 2.38 bits per heavy atom. The van der Waals surface area contributed by atoms with Gasteiger partial charge in [-0.3, -0.25) is 0 Å². The molecular formula is C24H40O5. The van der Waals surface area contributed by atoms with E-state index in [0.29, 0.717) is 31.1 Å². The molecule has 166 valence electrons. The molecule has 4 aliphatic rings. The largest absolute Gasteiger partial charge is 0.393 e. The average Bonchev–Trinajstić information content (AvgIpc) is 3.05. The lowest BCUT2D eigenvalue weighted by Gasteiger charge is -2.64. The molecule has 4 rings (SSSR count). The lowest BCUT2D eigenvalue weighted by atomic mass is 9.42. The highest BCUT2D eigenvalue weighted by atomic mass is 16.3. The molecule has 29 heavy (non-hydrogen) atoms. The van der Waals surface area contributed by atoms with Crippen LogP contribution in [-0.2, 0) is 4.79 Å². The molecule has 5 heteroatoms. The van der Waals surface area contributed by atoms with E-state index in [0.717, 1.165) is 38.4 Å². The molecule has 4 fully saturated rings. The van der Waals surface area contributed by atoms with Crippen LogP contribution in [0.25, 0.3) is 0 Å². The molecule has 0 aromatic carbocycles. The SMILES string of the molecule is C[C@H](CCC=O)[C@H]1CC[C@H]2[C@@H]3[C@H](O)[C@@H](O)[C@@H]4C[C@H](O)CC[C@]4(C)[C@H]3C[C@H](O)[C@]12C. The molecule has 0 radical (unpaired) electrons. The maximum atomic E-state index is 11.5. The summed E-state index contributed by atoms with van der Waals surface area (Å²) in [6, 6.07) is 0. The highest BCUT2D eigenvalue weighted by Crippen LogP contribution is 2.68. The molecule has 0 aliphatic heterocycles. The van der Waals surface area contributed by atoms with E-state index >= 15 is 0 Å². The first-order chi connectivity index (χ1) is 13.7. The van der Waals surface area contributed by atoms with Crippen molar-refractivity contribution >= 4 is 6.29 Å². The number of aldehydes is 1. The Morgan fingerprint density at radius 2 is 1.69 bits per heavy atom. The van der Waals surface area contributed by atoms with Gasteiger partial charge in [0.2, 0.25) is 0 Å². The summed E-state index contributed by atoms with van der Waals surface area (Å²) < 4.78 is 0. The predicted octanol–water partition coefficient (Wildman–Crippen LogP) is 2.53. The van der Waals surface area contributed by atoms with Crippen LogP contribution in [0.3, 0.4) is 0 Å². The number of aliphatic hydroxyl groups excluding tert-OH is 4. The molecule has 0 aromatic heterocycles. The number of hydrogen-bond donors (Lipinski definition) is 4. The van der Waals surface area contributed by atoms with Crippen LogP contribution in [0.5, 0.6) is 0 Å². The molecule has 0 heterocycles. The highest BCUT2D eigenvalue weighted by molar-refractivity contribution is 5.49. The molecule has 0 saturated heterocycles. The van der Waals surface area contributed by atoms with Gasteiger partial charge in [-0.05, 0) is 91.3 Å². The number of carbonyl (C=O) groups is 1. The zero-order chi connectivity index (χ0) is 21.1. The Hall–Kier alpha value is -0.490. The van der Waals surface area contributed by atoms with E-state index in [1.54, 1.807) is 0 Å². The maximum Gasteiger partial charge on any atom is 0.120 e. The minimum atomic E-state index is -0.803. The van der Waals surface area contributed by atoms with E-state index in [9.17, 15) is 25.2 Å². The van der Waals surface area contributed by atoms with E-state index in [2.05, 4.69) is 20.8 Å². The van der Waals surface area contributed by atoms with Crippen molar-refractivity contribution in [3.8, 4) is 0 Å². The van der Waals surface area contributed by atoms with Crippen molar-refractivity contribution in [3.63, 3.8) is 0 Å². The second-order valence-corrected chi connectivity index (χ2v) is 11.3. The molecule has 5 nitrogen and oxygen atoms in total. The van der Waals surface area contributed by atoms with Gasteiger partial charge in [0.1, 0.15) is 6.29 Å². The lowest BCUT2D eigenvalue weighted by molar-refractivity contribution is -0.243. The molecule has 4 aliphatic carbocycles. The van der Waals surface area contributed by atoms with Crippen LogP contribution in [0.2, 0.25) is 0 Å². The second kappa shape index (κ2) is 7.58. The van der Waals surface area contributed by atoms with Crippen LogP contribution >= 0.6 is 0 Å². The van der Waals surface area contributed by atoms with Crippen molar-refractivity contribution in [3.05, 3.63) is 0 Å². The number of hydrogen-bond acceptors (Lipinski definition) is 5. The normalized spacial score (nSPS) is 55.5. The van der Waals surface area contributed by atoms with Gasteiger partial charge in [-0.15, -0.1) is 0 Å². The second-order valence-electron chi connectivity index (χ2n) is 11.3. The third-order valence-electron chi connectivity index (χ3n) is 10.3. The summed E-state index contributed by atoms with van der Waals surface area (Å²) in [5.74, 6) is 0.956. The van der Waals surface area contributed by atoms with Gasteiger partial charge in [-0.2, -0.15) is 0 Å². The van der Waals surface area contributed by atoms with Crippen molar-refractivity contribution in [1.82, 2.24) is 0 Å². The zero-order valence-corrected chi connectivity index (χ0v) is 18.2. The van der Waals surface area contributed by atoms with Gasteiger partial charge in [0.25, 0.3) is 0 Å². The summed E-state index contributed by atoms with van der Waals surface area (Å²) in [6.07, 6.45) is 4.76. The van der Waals surface area contributed by atoms with E-state index in [1.165, 1.54) is 0 Å². The first-order valence-electron chi connectivity index (χ1n) is 11.8. The molecule has 0 spiro atoms. The average molecular weight is 409 g/mol. The van der Waals surface area contributed by atoms with E-state index in [1.807, 2.05) is 0 Å². The van der Waals surface area contributed by atoms with Crippen molar-refractivity contribution in [1.29, 1.82) is 0 Å². The smallest absolute Gasteiger partial charge is 0.120 e. The van der Waals surface area contributed by atoms with Gasteiger partial charge in [0.15, 0.2) is 0 Å². The summed E-state index contributed by atoms with van der Waals surface area (Å²) in [6.45, 7) is 6.63. The highest BCUT2D eigenvalue weighted by Gasteiger charge is 2.67. The van der Waals surface area contributed by atoms with Crippen LogP contribution in [-0.4, -0.2) is 51.1 Å². The summed E-state index contributed by atoms with van der Waals surface area (Å²) in [7, 11) is 0. The number of carbonyl (C=O) groups excluding carboxylic acids is 1. The number of fused-ring (bicyclic) bond motifs is 5. The minimum Gasteiger partial charge on any atom is -0.393 e. The molecule has 4 N–H and O–H groups in total. The van der Waals surface area contributed by atoms with Crippen molar-refractivity contribution < 1.29 is 25.2 Å². The lowest BCUT2D eigenvalue weighted by Crippen LogP contribution is -2.66. The number of aliphatic hydroxyl groups is 4. The van der Waals surface area contributed by atoms with Gasteiger partial charge in [0, 0.05) is 6.42 Å². The standard InChI is InChI=1S/C24H40O5/c1-13(5-4-10-25)15-6-7-16-20-17(12-19(27)24(15,16)3)23(2)9-8-14(26)11-18(23)21(28)22(20)29/h10,13-22,26-29H,4-9,11-12H2,1-3H3/t13-,14-,15-,16+,17+,18+,19+,20+,21+,22+,23-,24-/m1/s1. The fraction of sp³-hybridized carbons (Fsp3) is 0.958. The Morgan fingerprint density at radius 1 is 0.966 bits per heavy atom. The summed E-state index contributed by atoms with van der Waals surface area (Å²) in [5, 5.41) is 44.0. The molecule has 0 bridgehead atoms. The summed E-state index contributed by atoms with van der Waals surface area (Å²) in [5.41, 5.74) is -0.423. The topological polar surface area (TPSA) is 98.0 Å². The zero-order valence-electron chi connectivity index (χ0n) is 18.2. The van der Waals surface area contributed by atoms with Gasteiger partial charge in [0.05, 0.1) is 24.4 Å². The Balaban J connectivity index is 1.67. The van der Waals surface area contributed by atoms with Crippen molar-refractivity contribution in [2.75, 3.05) is 0 Å². The Kier molecular flexibility index (Phi) is 5.68. The predicted molar refractivity (Wildman–Crippen MR) is 110 cm³/mol. The van der Waals surface area contributed by atoms with Crippen LogP contribution in [0.4, 0.5) is 0 Å². The Labute approximate surface area is 174 Å². The van der Waals surface area contributed by atoms with Gasteiger partial charge >= 0.3 is 0 Å². The Bertz CT molecular complexity index is 624. The number of rotatable bonds is 4. The maximum absolute atomic E-state index is 11.5. The molecular weight excluding hydrogens is 368 g/mol. The molecule has 0 aromatic rings. The van der Waals surface area contributed by atoms with Gasteiger partial charge in [-0.25, -0.2) is 0 Å². The molecule has 12 atom stereocenters. The summed E-state index contributed by atoms with van der Waals surface area (Å²) in [4.78, 5) is 10.9. The molecule has 0 amide bonds. The third-order valence-corrected chi connectivity index (χ3v) is 10.3. The first-order valence-corrected chi connectivity index (χ1v) is 11.8. The van der Waals surface area contributed by atoms with Crippen molar-refractivity contribution in [2.24, 2.45) is 46.3 Å².